The van der Waals surface area contributed by atoms with Crippen molar-refractivity contribution in [2.24, 2.45) is 4.99 Å². The fourth-order valence-electron chi connectivity index (χ4n) is 3.66. The number of carbonyl (C=O) groups is 1. The van der Waals surface area contributed by atoms with Crippen LogP contribution in [0.4, 0.5) is 5.69 Å². The summed E-state index contributed by atoms with van der Waals surface area (Å²) in [7, 11) is 0. The van der Waals surface area contributed by atoms with Crippen molar-refractivity contribution >= 4 is 15.5 Å². The minimum atomic E-state index is -0.788. The molecule has 0 aliphatic carbocycles. The van der Waals surface area contributed by atoms with Gasteiger partial charge in [-0.3, -0.25) is 0 Å². The Morgan fingerprint density at radius 2 is 2.11 bits per heavy atom. The fraction of sp³-hybridized carbons (Fsp3) is 0.364. The molecule has 6 heteroatoms. The molecule has 2 aliphatic heterocycles. The third kappa shape index (κ3) is 4.55. The van der Waals surface area contributed by atoms with Crippen molar-refractivity contribution in [1.82, 2.24) is 10.2 Å². The van der Waals surface area contributed by atoms with E-state index in [1.54, 1.807) is 0 Å². The van der Waals surface area contributed by atoms with Gasteiger partial charge in [-0.1, -0.05) is 0 Å². The van der Waals surface area contributed by atoms with E-state index in [-0.39, 0.29) is 27.6 Å². The number of amidine groups is 1. The number of benzene rings is 2. The predicted octanol–water partition coefficient (Wildman–Crippen LogP) is -0.0001000. The molecule has 0 radical (unpaired) electrons. The maximum absolute atomic E-state index is 10.9. The van der Waals surface area contributed by atoms with E-state index in [2.05, 4.69) is 41.4 Å². The van der Waals surface area contributed by atoms with E-state index in [1.807, 2.05) is 18.2 Å². The molecule has 2 N–H and O–H groups in total. The molecular formula is C22H25IN3O2-. The maximum atomic E-state index is 10.9. The van der Waals surface area contributed by atoms with Gasteiger partial charge >= 0.3 is 176 Å². The van der Waals surface area contributed by atoms with Crippen LogP contribution in [-0.4, -0.2) is 38.9 Å². The minimum absolute atomic E-state index is 0.0782. The number of nitrogens with one attached hydrogen (secondary N) is 1. The number of fused-ring (bicyclic) bond motifs is 1. The van der Waals surface area contributed by atoms with Crippen molar-refractivity contribution in [2.75, 3.05) is 13.1 Å². The molecule has 2 aromatic rings. The molecule has 2 aliphatic rings. The summed E-state index contributed by atoms with van der Waals surface area (Å²) < 4.78 is 2.76. The quantitative estimate of drug-likeness (QED) is 0.442. The standard InChI is InChI=1S/C22H25IN3O2/c1-2-15-6-7-20-19(11-15)23-22(25-20)26-9-8-18(14-26)24-13-17-5-3-4-16(10-17)12-21(27)28/h3-7,10-11,18,24H,2,8-9,12-14H2,1H3,(H,27,28)/q-1. The van der Waals surface area contributed by atoms with E-state index in [4.69, 9.17) is 10.1 Å². The molecular weight excluding hydrogens is 465 g/mol. The van der Waals surface area contributed by atoms with Gasteiger partial charge in [-0.25, -0.2) is 0 Å². The van der Waals surface area contributed by atoms with Crippen molar-refractivity contribution in [3.8, 4) is 0 Å². The molecule has 0 saturated carbocycles. The number of carboxylic acid groups (broad SMARTS) is 1. The zero-order valence-electron chi connectivity index (χ0n) is 16.0. The number of carboxylic acids is 1. The number of hydrogen-bond acceptors (Lipinski definition) is 4. The van der Waals surface area contributed by atoms with Crippen molar-refractivity contribution < 1.29 is 31.1 Å². The summed E-state index contributed by atoms with van der Waals surface area (Å²) in [5, 5.41) is 12.6. The van der Waals surface area contributed by atoms with Crippen LogP contribution in [0.5, 0.6) is 0 Å². The van der Waals surface area contributed by atoms with Crippen molar-refractivity contribution in [3.05, 3.63) is 62.7 Å². The number of aliphatic carboxylic acids is 1. The number of rotatable bonds is 6. The molecule has 2 heterocycles. The average Bonchev–Trinajstić information content (AvgIpc) is 3.32. The molecule has 4 rings (SSSR count). The predicted molar refractivity (Wildman–Crippen MR) is 106 cm³/mol. The number of aliphatic imine (C=N–C) groups is 1. The summed E-state index contributed by atoms with van der Waals surface area (Å²) in [5.74, 6) is -0.788. The molecule has 1 atom stereocenters. The van der Waals surface area contributed by atoms with Crippen molar-refractivity contribution in [3.63, 3.8) is 0 Å². The fourth-order valence-corrected chi connectivity index (χ4v) is 6.47. The number of hydrogen-bond donors (Lipinski definition) is 2. The Morgan fingerprint density at radius 3 is 2.93 bits per heavy atom. The van der Waals surface area contributed by atoms with Gasteiger partial charge < -0.3 is 0 Å². The SMILES string of the molecule is CCc1ccc2c(c1)[I-]C(N1CCC(NCc3cccc(CC(=O)O)c3)C1)=N2. The van der Waals surface area contributed by atoms with E-state index >= 15 is 0 Å². The van der Waals surface area contributed by atoms with Gasteiger partial charge in [0.15, 0.2) is 0 Å². The van der Waals surface area contributed by atoms with Gasteiger partial charge in [0.2, 0.25) is 0 Å². The van der Waals surface area contributed by atoms with Gasteiger partial charge in [0.05, 0.1) is 0 Å². The monoisotopic (exact) mass is 490 g/mol. The molecule has 0 bridgehead atoms. The van der Waals surface area contributed by atoms with Gasteiger partial charge in [-0.15, -0.1) is 0 Å². The first kappa shape index (κ1) is 19.4. The van der Waals surface area contributed by atoms with E-state index < -0.39 is 5.97 Å². The van der Waals surface area contributed by atoms with Crippen LogP contribution >= 0.6 is 0 Å². The third-order valence-electron chi connectivity index (χ3n) is 5.21. The van der Waals surface area contributed by atoms with Crippen LogP contribution in [0.2, 0.25) is 0 Å². The average molecular weight is 490 g/mol. The van der Waals surface area contributed by atoms with Crippen molar-refractivity contribution in [2.45, 2.75) is 38.8 Å². The first-order chi connectivity index (χ1) is 13.6. The summed E-state index contributed by atoms with van der Waals surface area (Å²) in [6.07, 6.45) is 2.28. The van der Waals surface area contributed by atoms with Gasteiger partial charge in [0.25, 0.3) is 0 Å². The van der Waals surface area contributed by atoms with Crippen LogP contribution in [-0.2, 0) is 24.2 Å². The molecule has 0 aromatic heterocycles. The van der Waals surface area contributed by atoms with Crippen molar-refractivity contribution in [1.29, 1.82) is 0 Å². The molecule has 1 saturated heterocycles. The van der Waals surface area contributed by atoms with Crippen LogP contribution in [0.15, 0.2) is 47.5 Å². The van der Waals surface area contributed by atoms with Gasteiger partial charge in [0, 0.05) is 0 Å². The Labute approximate surface area is 176 Å². The molecule has 28 heavy (non-hydrogen) atoms. The molecule has 0 amide bonds. The summed E-state index contributed by atoms with van der Waals surface area (Å²) in [6.45, 7) is 5.03. The molecule has 1 fully saturated rings. The topological polar surface area (TPSA) is 64.9 Å². The number of aryl methyl sites for hydroxylation is 1. The molecule has 148 valence electrons. The van der Waals surface area contributed by atoms with Gasteiger partial charge in [-0.05, 0) is 0 Å². The van der Waals surface area contributed by atoms with Crippen LogP contribution in [0.3, 0.4) is 0 Å². The van der Waals surface area contributed by atoms with Crippen LogP contribution in [0.1, 0.15) is 30.0 Å². The Kier molecular flexibility index (Phi) is 5.96. The zero-order chi connectivity index (χ0) is 19.5. The van der Waals surface area contributed by atoms with E-state index in [9.17, 15) is 4.79 Å². The second-order valence-corrected chi connectivity index (χ2v) is 9.98. The summed E-state index contributed by atoms with van der Waals surface area (Å²) in [6, 6.07) is 15.0. The zero-order valence-corrected chi connectivity index (χ0v) is 18.1. The molecule has 5 nitrogen and oxygen atoms in total. The van der Waals surface area contributed by atoms with Gasteiger partial charge in [-0.2, -0.15) is 0 Å². The van der Waals surface area contributed by atoms with E-state index in [0.29, 0.717) is 6.04 Å². The summed E-state index contributed by atoms with van der Waals surface area (Å²) >= 11 is -0.174. The number of halogens is 1. The molecule has 0 spiro atoms. The first-order valence-electron chi connectivity index (χ1n) is 9.75. The number of likely N-dealkylation sites (tertiary alicyclic amines) is 1. The summed E-state index contributed by atoms with van der Waals surface area (Å²) in [4.78, 5) is 18.3. The Bertz CT molecular complexity index is 912. The Morgan fingerprint density at radius 1 is 1.25 bits per heavy atom. The van der Waals surface area contributed by atoms with Crippen LogP contribution < -0.4 is 26.5 Å². The number of nitrogens with zero attached hydrogens (tertiary/aromatic N) is 2. The second kappa shape index (κ2) is 8.61. The van der Waals surface area contributed by atoms with Gasteiger partial charge in [0.1, 0.15) is 0 Å². The summed E-state index contributed by atoms with van der Waals surface area (Å²) in [5.41, 5.74) is 4.57. The molecule has 1 unspecified atom stereocenters. The first-order valence-corrected chi connectivity index (χ1v) is 11.9. The van der Waals surface area contributed by atoms with E-state index in [0.717, 1.165) is 43.6 Å². The van der Waals surface area contributed by atoms with E-state index in [1.165, 1.54) is 18.7 Å². The third-order valence-corrected chi connectivity index (χ3v) is 8.06. The van der Waals surface area contributed by atoms with Crippen LogP contribution in [0.25, 0.3) is 0 Å². The Balaban J connectivity index is 1.31. The Hall–Kier alpha value is -1.93. The molecule has 2 aromatic carbocycles. The second-order valence-electron chi connectivity index (χ2n) is 7.32. The van der Waals surface area contributed by atoms with Crippen LogP contribution in [0, 0.1) is 3.57 Å². The normalized spacial score (nSPS) is 18.5.